The van der Waals surface area contributed by atoms with Crippen molar-refractivity contribution in [2.45, 2.75) is 13.0 Å². The van der Waals surface area contributed by atoms with Crippen molar-refractivity contribution in [1.82, 2.24) is 4.72 Å². The molecule has 0 radical (unpaired) electrons. The van der Waals surface area contributed by atoms with E-state index >= 15 is 0 Å². The Balaban J connectivity index is 2.54. The van der Waals surface area contributed by atoms with Crippen molar-refractivity contribution < 1.29 is 0 Å². The lowest BCUT2D eigenvalue weighted by Crippen LogP contribution is -2.29. The lowest BCUT2D eigenvalue weighted by Gasteiger charge is -1.96. The molecule has 0 aromatic heterocycles. The van der Waals surface area contributed by atoms with Crippen LogP contribution in [-0.4, -0.2) is 11.9 Å². The Hall–Kier alpha value is -0.220. The van der Waals surface area contributed by atoms with Gasteiger partial charge in [0.15, 0.2) is 0 Å². The first-order valence-corrected chi connectivity index (χ1v) is 2.83. The SMILES string of the molecule is CC1NSN=C1N. The zero-order chi connectivity index (χ0) is 5.28. The third-order valence-corrected chi connectivity index (χ3v) is 1.59. The molecule has 1 aliphatic rings. The minimum Gasteiger partial charge on any atom is -0.385 e. The quantitative estimate of drug-likeness (QED) is 0.435. The van der Waals surface area contributed by atoms with E-state index in [1.807, 2.05) is 6.92 Å². The molecule has 0 aromatic carbocycles. The van der Waals surface area contributed by atoms with Crippen LogP contribution >= 0.6 is 12.1 Å². The fraction of sp³-hybridized carbons (Fsp3) is 0.667. The van der Waals surface area contributed by atoms with Crippen molar-refractivity contribution in [2.75, 3.05) is 0 Å². The smallest absolute Gasteiger partial charge is 0.127 e. The van der Waals surface area contributed by atoms with Gasteiger partial charge in [-0.15, -0.1) is 0 Å². The van der Waals surface area contributed by atoms with Crippen LogP contribution in [0.5, 0.6) is 0 Å². The monoisotopic (exact) mass is 117 g/mol. The van der Waals surface area contributed by atoms with Gasteiger partial charge < -0.3 is 5.73 Å². The second-order valence-electron chi connectivity index (χ2n) is 1.45. The van der Waals surface area contributed by atoms with E-state index in [1.165, 1.54) is 12.1 Å². The van der Waals surface area contributed by atoms with Gasteiger partial charge in [0.2, 0.25) is 0 Å². The number of nitrogens with zero attached hydrogens (tertiary/aromatic N) is 1. The molecule has 1 atom stereocenters. The maximum absolute atomic E-state index is 5.34. The maximum Gasteiger partial charge on any atom is 0.127 e. The highest BCUT2D eigenvalue weighted by Crippen LogP contribution is 2.05. The van der Waals surface area contributed by atoms with Crippen molar-refractivity contribution in [3.05, 3.63) is 0 Å². The zero-order valence-electron chi connectivity index (χ0n) is 4.01. The highest BCUT2D eigenvalue weighted by atomic mass is 32.2. The summed E-state index contributed by atoms with van der Waals surface area (Å²) in [6, 6.07) is 0.255. The average molecular weight is 117 g/mol. The van der Waals surface area contributed by atoms with Crippen LogP contribution in [0.25, 0.3) is 0 Å². The van der Waals surface area contributed by atoms with Crippen LogP contribution in [0.15, 0.2) is 4.40 Å². The van der Waals surface area contributed by atoms with Crippen LogP contribution in [0.1, 0.15) is 6.92 Å². The van der Waals surface area contributed by atoms with Gasteiger partial charge in [0.1, 0.15) is 5.84 Å². The molecule has 0 saturated heterocycles. The normalized spacial score (nSPS) is 30.4. The summed E-state index contributed by atoms with van der Waals surface area (Å²) in [7, 11) is 0. The van der Waals surface area contributed by atoms with E-state index < -0.39 is 0 Å². The molecule has 1 rings (SSSR count). The summed E-state index contributed by atoms with van der Waals surface area (Å²) in [5.41, 5.74) is 5.34. The molecule has 4 heteroatoms. The largest absolute Gasteiger partial charge is 0.385 e. The third kappa shape index (κ3) is 0.863. The van der Waals surface area contributed by atoms with Gasteiger partial charge in [0, 0.05) is 0 Å². The molecule has 1 unspecified atom stereocenters. The molecule has 0 saturated carbocycles. The summed E-state index contributed by atoms with van der Waals surface area (Å²) in [5, 5.41) is 0. The number of amidine groups is 1. The molecule has 1 aliphatic heterocycles. The topological polar surface area (TPSA) is 50.4 Å². The summed E-state index contributed by atoms with van der Waals surface area (Å²) in [5.74, 6) is 0.685. The van der Waals surface area contributed by atoms with Crippen molar-refractivity contribution >= 4 is 18.0 Å². The number of rotatable bonds is 0. The molecular weight excluding hydrogens is 110 g/mol. The molecule has 3 N–H and O–H groups in total. The van der Waals surface area contributed by atoms with Crippen LogP contribution in [0.4, 0.5) is 0 Å². The van der Waals surface area contributed by atoms with E-state index in [9.17, 15) is 0 Å². The second kappa shape index (κ2) is 1.71. The predicted octanol–water partition coefficient (Wildman–Crippen LogP) is -0.101. The Morgan fingerprint density at radius 2 is 2.71 bits per heavy atom. The molecule has 7 heavy (non-hydrogen) atoms. The number of nitrogens with two attached hydrogens (primary N) is 1. The minimum atomic E-state index is 0.255. The first kappa shape index (κ1) is 4.93. The molecule has 0 aromatic rings. The second-order valence-corrected chi connectivity index (χ2v) is 2.05. The van der Waals surface area contributed by atoms with Gasteiger partial charge in [-0.25, -0.2) is 4.72 Å². The minimum absolute atomic E-state index is 0.255. The van der Waals surface area contributed by atoms with Crippen LogP contribution < -0.4 is 10.5 Å². The fourth-order valence-electron chi connectivity index (χ4n) is 0.298. The predicted molar refractivity (Wildman–Crippen MR) is 31.8 cm³/mol. The highest BCUT2D eigenvalue weighted by Gasteiger charge is 2.10. The first-order chi connectivity index (χ1) is 3.30. The molecule has 0 bridgehead atoms. The van der Waals surface area contributed by atoms with Crippen LogP contribution in [0.2, 0.25) is 0 Å². The summed E-state index contributed by atoms with van der Waals surface area (Å²) < 4.78 is 6.77. The van der Waals surface area contributed by atoms with Crippen LogP contribution in [-0.2, 0) is 0 Å². The van der Waals surface area contributed by atoms with E-state index in [1.54, 1.807) is 0 Å². The third-order valence-electron chi connectivity index (χ3n) is 0.824. The standard InChI is InChI=1S/C3H7N3S/c1-2-3(4)6-7-5-2/h2,5H,1H3,(H2,4,6). The Morgan fingerprint density at radius 1 is 2.00 bits per heavy atom. The van der Waals surface area contributed by atoms with E-state index in [2.05, 4.69) is 9.12 Å². The van der Waals surface area contributed by atoms with Gasteiger partial charge in [0.05, 0.1) is 18.2 Å². The van der Waals surface area contributed by atoms with Gasteiger partial charge in [0.25, 0.3) is 0 Å². The van der Waals surface area contributed by atoms with Gasteiger partial charge in [-0.3, -0.25) is 0 Å². The Morgan fingerprint density at radius 3 is 2.86 bits per heavy atom. The number of hydrogen-bond donors (Lipinski definition) is 2. The van der Waals surface area contributed by atoms with E-state index in [-0.39, 0.29) is 6.04 Å². The van der Waals surface area contributed by atoms with E-state index in [4.69, 9.17) is 5.73 Å². The number of nitrogens with one attached hydrogen (secondary N) is 1. The Bertz CT molecular complexity index is 100. The first-order valence-electron chi connectivity index (χ1n) is 2.05. The van der Waals surface area contributed by atoms with E-state index in [0.29, 0.717) is 5.84 Å². The lowest BCUT2D eigenvalue weighted by atomic mass is 10.3. The van der Waals surface area contributed by atoms with Gasteiger partial charge in [-0.05, 0) is 6.92 Å². The summed E-state index contributed by atoms with van der Waals surface area (Å²) >= 11 is 1.30. The van der Waals surface area contributed by atoms with Crippen LogP contribution in [0.3, 0.4) is 0 Å². The molecule has 0 spiro atoms. The van der Waals surface area contributed by atoms with Gasteiger partial charge in [-0.1, -0.05) is 0 Å². The zero-order valence-corrected chi connectivity index (χ0v) is 4.83. The highest BCUT2D eigenvalue weighted by molar-refractivity contribution is 7.96. The van der Waals surface area contributed by atoms with Crippen molar-refractivity contribution in [3.63, 3.8) is 0 Å². The summed E-state index contributed by atoms with van der Waals surface area (Å²) in [4.78, 5) is 0. The Kier molecular flexibility index (Phi) is 1.21. The molecule has 40 valence electrons. The van der Waals surface area contributed by atoms with Crippen molar-refractivity contribution in [3.8, 4) is 0 Å². The summed E-state index contributed by atoms with van der Waals surface area (Å²) in [6.45, 7) is 1.97. The van der Waals surface area contributed by atoms with Gasteiger partial charge in [-0.2, -0.15) is 4.40 Å². The summed E-state index contributed by atoms with van der Waals surface area (Å²) in [6.07, 6.45) is 0. The molecule has 0 fully saturated rings. The van der Waals surface area contributed by atoms with Crippen molar-refractivity contribution in [1.29, 1.82) is 0 Å². The lowest BCUT2D eigenvalue weighted by molar-refractivity contribution is 0.908. The van der Waals surface area contributed by atoms with E-state index in [0.717, 1.165) is 0 Å². The van der Waals surface area contributed by atoms with Crippen molar-refractivity contribution in [2.24, 2.45) is 10.1 Å². The number of hydrogen-bond acceptors (Lipinski definition) is 4. The average Bonchev–Trinajstić information content (AvgIpc) is 1.91. The van der Waals surface area contributed by atoms with Crippen LogP contribution in [0, 0.1) is 0 Å². The Labute approximate surface area is 46.6 Å². The van der Waals surface area contributed by atoms with Gasteiger partial charge >= 0.3 is 0 Å². The molecule has 0 amide bonds. The molecule has 0 aliphatic carbocycles. The molecular formula is C3H7N3S. The fourth-order valence-corrected chi connectivity index (χ4v) is 0.893. The molecule has 1 heterocycles. The maximum atomic E-state index is 5.34. The molecule has 3 nitrogen and oxygen atoms in total.